The molecule has 110 valence electrons. The molecular weight excluding hydrogens is 266 g/mol. The van der Waals surface area contributed by atoms with Crippen LogP contribution in [0, 0.1) is 5.92 Å². The number of carboxylic acid groups (broad SMARTS) is 1. The molecule has 5 nitrogen and oxygen atoms in total. The highest BCUT2D eigenvalue weighted by Crippen LogP contribution is 2.36. The summed E-state index contributed by atoms with van der Waals surface area (Å²) in [4.78, 5) is 10.5. The lowest BCUT2D eigenvalue weighted by atomic mass is 9.97. The van der Waals surface area contributed by atoms with Gasteiger partial charge < -0.3 is 5.11 Å². The molecule has 0 radical (unpaired) electrons. The zero-order valence-electron chi connectivity index (χ0n) is 11.3. The molecule has 0 spiro atoms. The Labute approximate surface area is 115 Å². The van der Waals surface area contributed by atoms with Gasteiger partial charge >= 0.3 is 5.97 Å². The highest BCUT2D eigenvalue weighted by atomic mass is 32.2. The first-order valence-corrected chi connectivity index (χ1v) is 8.83. The second-order valence-corrected chi connectivity index (χ2v) is 7.72. The van der Waals surface area contributed by atoms with Crippen LogP contribution in [-0.4, -0.2) is 42.1 Å². The van der Waals surface area contributed by atoms with Gasteiger partial charge in [-0.25, -0.2) is 8.42 Å². The Morgan fingerprint density at radius 1 is 1.16 bits per heavy atom. The standard InChI is InChI=1S/C13H23NO4S/c15-13(16)8-4-10-19(17,18)14-9-3-7-12(14)11-5-1-2-6-11/h11-12H,1-10H2,(H,15,16). The van der Waals surface area contributed by atoms with Crippen molar-refractivity contribution in [3.63, 3.8) is 0 Å². The quantitative estimate of drug-likeness (QED) is 0.809. The molecule has 0 aromatic carbocycles. The molecule has 1 N–H and O–H groups in total. The third-order valence-corrected chi connectivity index (χ3v) is 6.32. The molecule has 1 heterocycles. The first kappa shape index (κ1) is 14.8. The minimum atomic E-state index is -3.27. The second-order valence-electron chi connectivity index (χ2n) is 5.68. The first-order chi connectivity index (χ1) is 9.00. The lowest BCUT2D eigenvalue weighted by Gasteiger charge is -2.28. The van der Waals surface area contributed by atoms with Crippen LogP contribution in [0.2, 0.25) is 0 Å². The fraction of sp³-hybridized carbons (Fsp3) is 0.923. The van der Waals surface area contributed by atoms with Crippen molar-refractivity contribution in [2.45, 2.75) is 57.4 Å². The third kappa shape index (κ3) is 3.69. The van der Waals surface area contributed by atoms with Gasteiger partial charge in [0.2, 0.25) is 10.0 Å². The van der Waals surface area contributed by atoms with E-state index in [-0.39, 0.29) is 24.6 Å². The maximum absolute atomic E-state index is 12.3. The van der Waals surface area contributed by atoms with Gasteiger partial charge in [0.15, 0.2) is 0 Å². The molecule has 1 unspecified atom stereocenters. The number of hydrogen-bond acceptors (Lipinski definition) is 3. The SMILES string of the molecule is O=C(O)CCCS(=O)(=O)N1CCCC1C1CCCC1. The van der Waals surface area contributed by atoms with Gasteiger partial charge in [0.1, 0.15) is 0 Å². The molecule has 0 bridgehead atoms. The lowest BCUT2D eigenvalue weighted by molar-refractivity contribution is -0.137. The van der Waals surface area contributed by atoms with Crippen LogP contribution in [0.4, 0.5) is 0 Å². The smallest absolute Gasteiger partial charge is 0.303 e. The van der Waals surface area contributed by atoms with E-state index in [9.17, 15) is 13.2 Å². The molecule has 1 aliphatic carbocycles. The van der Waals surface area contributed by atoms with Crippen LogP contribution in [0.15, 0.2) is 0 Å². The van der Waals surface area contributed by atoms with Crippen molar-refractivity contribution in [1.82, 2.24) is 4.31 Å². The van der Waals surface area contributed by atoms with Gasteiger partial charge in [0.05, 0.1) is 5.75 Å². The molecule has 2 rings (SSSR count). The zero-order valence-corrected chi connectivity index (χ0v) is 12.1. The van der Waals surface area contributed by atoms with E-state index in [1.807, 2.05) is 0 Å². The molecule has 1 saturated heterocycles. The van der Waals surface area contributed by atoms with Gasteiger partial charge in [0.25, 0.3) is 0 Å². The predicted molar refractivity (Wildman–Crippen MR) is 72.3 cm³/mol. The number of hydrogen-bond donors (Lipinski definition) is 1. The first-order valence-electron chi connectivity index (χ1n) is 7.22. The van der Waals surface area contributed by atoms with Gasteiger partial charge in [-0.1, -0.05) is 12.8 Å². The highest BCUT2D eigenvalue weighted by molar-refractivity contribution is 7.89. The normalized spacial score (nSPS) is 26.0. The average molecular weight is 289 g/mol. The highest BCUT2D eigenvalue weighted by Gasteiger charge is 2.39. The lowest BCUT2D eigenvalue weighted by Crippen LogP contribution is -2.40. The van der Waals surface area contributed by atoms with E-state index in [2.05, 4.69) is 0 Å². The van der Waals surface area contributed by atoms with E-state index < -0.39 is 16.0 Å². The van der Waals surface area contributed by atoms with Gasteiger partial charge in [-0.05, 0) is 38.0 Å². The fourth-order valence-corrected chi connectivity index (χ4v) is 5.29. The number of carbonyl (C=O) groups is 1. The number of rotatable bonds is 6. The topological polar surface area (TPSA) is 74.7 Å². The molecule has 1 aliphatic heterocycles. The minimum absolute atomic E-state index is 0.0253. The van der Waals surface area contributed by atoms with Crippen molar-refractivity contribution in [2.75, 3.05) is 12.3 Å². The average Bonchev–Trinajstić information content (AvgIpc) is 2.99. The summed E-state index contributed by atoms with van der Waals surface area (Å²) < 4.78 is 26.3. The predicted octanol–water partition coefficient (Wildman–Crippen LogP) is 1.84. The van der Waals surface area contributed by atoms with E-state index in [0.717, 1.165) is 25.7 Å². The summed E-state index contributed by atoms with van der Waals surface area (Å²) in [5, 5.41) is 8.59. The van der Waals surface area contributed by atoms with Crippen LogP contribution in [0.25, 0.3) is 0 Å². The molecule has 2 aliphatic rings. The Morgan fingerprint density at radius 3 is 2.47 bits per heavy atom. The number of carboxylic acids is 1. The van der Waals surface area contributed by atoms with Crippen molar-refractivity contribution in [3.05, 3.63) is 0 Å². The van der Waals surface area contributed by atoms with Gasteiger partial charge in [-0.15, -0.1) is 0 Å². The summed E-state index contributed by atoms with van der Waals surface area (Å²) in [6.45, 7) is 0.622. The van der Waals surface area contributed by atoms with Crippen LogP contribution in [0.1, 0.15) is 51.4 Å². The maximum Gasteiger partial charge on any atom is 0.303 e. The van der Waals surface area contributed by atoms with E-state index >= 15 is 0 Å². The molecular formula is C13H23NO4S. The van der Waals surface area contributed by atoms with Crippen LogP contribution in [0.3, 0.4) is 0 Å². The van der Waals surface area contributed by atoms with E-state index in [0.29, 0.717) is 12.5 Å². The Morgan fingerprint density at radius 2 is 1.84 bits per heavy atom. The second kappa shape index (κ2) is 6.22. The molecule has 1 saturated carbocycles. The van der Waals surface area contributed by atoms with Crippen molar-refractivity contribution in [2.24, 2.45) is 5.92 Å². The van der Waals surface area contributed by atoms with E-state index in [1.54, 1.807) is 4.31 Å². The van der Waals surface area contributed by atoms with Crippen molar-refractivity contribution in [1.29, 1.82) is 0 Å². The number of sulfonamides is 1. The fourth-order valence-electron chi connectivity index (χ4n) is 3.45. The molecule has 0 aromatic rings. The largest absolute Gasteiger partial charge is 0.481 e. The van der Waals surface area contributed by atoms with Crippen LogP contribution in [-0.2, 0) is 14.8 Å². The monoisotopic (exact) mass is 289 g/mol. The summed E-state index contributed by atoms with van der Waals surface area (Å²) in [5.74, 6) is -0.427. The number of nitrogens with zero attached hydrogens (tertiary/aromatic N) is 1. The van der Waals surface area contributed by atoms with E-state index in [4.69, 9.17) is 5.11 Å². The Balaban J connectivity index is 1.95. The summed E-state index contributed by atoms with van der Waals surface area (Å²) in [5.41, 5.74) is 0. The molecule has 0 aromatic heterocycles. The van der Waals surface area contributed by atoms with Gasteiger partial charge in [0, 0.05) is 19.0 Å². The number of aliphatic carboxylic acids is 1. The Hall–Kier alpha value is -0.620. The Kier molecular flexibility index (Phi) is 4.84. The van der Waals surface area contributed by atoms with Crippen LogP contribution < -0.4 is 0 Å². The summed E-state index contributed by atoms with van der Waals surface area (Å²) in [6.07, 6.45) is 6.79. The summed E-state index contributed by atoms with van der Waals surface area (Å²) in [6, 6.07) is 0.178. The zero-order chi connectivity index (χ0) is 13.9. The van der Waals surface area contributed by atoms with Gasteiger partial charge in [-0.2, -0.15) is 4.31 Å². The van der Waals surface area contributed by atoms with Crippen LogP contribution in [0.5, 0.6) is 0 Å². The molecule has 0 amide bonds. The minimum Gasteiger partial charge on any atom is -0.481 e. The molecule has 6 heteroatoms. The maximum atomic E-state index is 12.3. The molecule has 19 heavy (non-hydrogen) atoms. The van der Waals surface area contributed by atoms with Crippen molar-refractivity contribution in [3.8, 4) is 0 Å². The van der Waals surface area contributed by atoms with E-state index in [1.165, 1.54) is 12.8 Å². The summed E-state index contributed by atoms with van der Waals surface area (Å²) >= 11 is 0. The third-order valence-electron chi connectivity index (χ3n) is 4.34. The molecule has 2 fully saturated rings. The molecule has 1 atom stereocenters. The van der Waals surface area contributed by atoms with Crippen molar-refractivity contribution >= 4 is 16.0 Å². The van der Waals surface area contributed by atoms with Gasteiger partial charge in [-0.3, -0.25) is 4.79 Å². The Bertz CT molecular complexity index is 414. The summed E-state index contributed by atoms with van der Waals surface area (Å²) in [7, 11) is -3.27. The van der Waals surface area contributed by atoms with Crippen molar-refractivity contribution < 1.29 is 18.3 Å². The van der Waals surface area contributed by atoms with Crippen LogP contribution >= 0.6 is 0 Å².